The SMILES string of the molecule is COc1c(C(C)C)cc(Cl)cc1C(O)C(N)CCN(C)C. The number of nitrogens with zero attached hydrogens (tertiary/aromatic N) is 1. The molecule has 3 N–H and O–H groups in total. The van der Waals surface area contributed by atoms with Gasteiger partial charge in [-0.15, -0.1) is 0 Å². The van der Waals surface area contributed by atoms with Gasteiger partial charge in [-0.3, -0.25) is 0 Å². The first-order chi connectivity index (χ1) is 9.77. The van der Waals surface area contributed by atoms with Crippen molar-refractivity contribution >= 4 is 11.6 Å². The first-order valence-corrected chi connectivity index (χ1v) is 7.61. The molecule has 0 radical (unpaired) electrons. The van der Waals surface area contributed by atoms with Gasteiger partial charge in [0.15, 0.2) is 0 Å². The molecule has 2 atom stereocenters. The fourth-order valence-electron chi connectivity index (χ4n) is 2.32. The van der Waals surface area contributed by atoms with Crippen LogP contribution < -0.4 is 10.5 Å². The van der Waals surface area contributed by atoms with E-state index in [0.29, 0.717) is 22.8 Å². The summed E-state index contributed by atoms with van der Waals surface area (Å²) in [6, 6.07) is 3.26. The lowest BCUT2D eigenvalue weighted by atomic mass is 9.93. The van der Waals surface area contributed by atoms with E-state index in [0.717, 1.165) is 12.1 Å². The maximum atomic E-state index is 10.6. The number of hydrogen-bond acceptors (Lipinski definition) is 4. The molecule has 0 aliphatic heterocycles. The lowest BCUT2D eigenvalue weighted by Crippen LogP contribution is -2.32. The largest absolute Gasteiger partial charge is 0.496 e. The lowest BCUT2D eigenvalue weighted by Gasteiger charge is -2.25. The van der Waals surface area contributed by atoms with Crippen LogP contribution in [-0.4, -0.2) is 43.8 Å². The van der Waals surface area contributed by atoms with Crippen LogP contribution in [0.2, 0.25) is 5.02 Å². The maximum absolute atomic E-state index is 10.6. The number of aliphatic hydroxyl groups is 1. The van der Waals surface area contributed by atoms with E-state index in [1.54, 1.807) is 13.2 Å². The summed E-state index contributed by atoms with van der Waals surface area (Å²) in [6.07, 6.45) is -0.1000. The minimum Gasteiger partial charge on any atom is -0.496 e. The molecule has 4 nitrogen and oxygen atoms in total. The van der Waals surface area contributed by atoms with E-state index < -0.39 is 6.10 Å². The molecule has 0 amide bonds. The summed E-state index contributed by atoms with van der Waals surface area (Å²) in [5, 5.41) is 11.2. The van der Waals surface area contributed by atoms with Crippen molar-refractivity contribution in [3.63, 3.8) is 0 Å². The van der Waals surface area contributed by atoms with Crippen molar-refractivity contribution < 1.29 is 9.84 Å². The van der Waals surface area contributed by atoms with Gasteiger partial charge >= 0.3 is 0 Å². The van der Waals surface area contributed by atoms with Crippen LogP contribution in [0.25, 0.3) is 0 Å². The molecule has 0 heterocycles. The highest BCUT2D eigenvalue weighted by Gasteiger charge is 2.24. The van der Waals surface area contributed by atoms with Crippen molar-refractivity contribution in [2.45, 2.75) is 38.3 Å². The number of ether oxygens (including phenoxy) is 1. The highest BCUT2D eigenvalue weighted by atomic mass is 35.5. The number of methoxy groups -OCH3 is 1. The molecule has 0 saturated heterocycles. The third-order valence-electron chi connectivity index (χ3n) is 3.57. The molecule has 0 saturated carbocycles. The third kappa shape index (κ3) is 4.85. The molecule has 0 aromatic heterocycles. The van der Waals surface area contributed by atoms with Gasteiger partial charge in [-0.2, -0.15) is 0 Å². The van der Waals surface area contributed by atoms with E-state index in [4.69, 9.17) is 22.1 Å². The second-order valence-electron chi connectivity index (χ2n) is 5.97. The normalized spacial score (nSPS) is 14.6. The number of halogens is 1. The lowest BCUT2D eigenvalue weighted by molar-refractivity contribution is 0.134. The predicted octanol–water partition coefficient (Wildman–Crippen LogP) is 2.78. The van der Waals surface area contributed by atoms with Crippen LogP contribution in [0.1, 0.15) is 43.4 Å². The summed E-state index contributed by atoms with van der Waals surface area (Å²) in [4.78, 5) is 2.04. The zero-order chi connectivity index (χ0) is 16.2. The van der Waals surface area contributed by atoms with Crippen LogP contribution in [0.5, 0.6) is 5.75 Å². The van der Waals surface area contributed by atoms with Gasteiger partial charge in [0.2, 0.25) is 0 Å². The Morgan fingerprint density at radius 2 is 1.86 bits per heavy atom. The van der Waals surface area contributed by atoms with E-state index in [-0.39, 0.29) is 12.0 Å². The zero-order valence-electron chi connectivity index (χ0n) is 13.6. The molecule has 1 rings (SSSR count). The van der Waals surface area contributed by atoms with Gasteiger partial charge in [-0.1, -0.05) is 25.4 Å². The highest BCUT2D eigenvalue weighted by Crippen LogP contribution is 2.37. The van der Waals surface area contributed by atoms with Crippen LogP contribution in [0.3, 0.4) is 0 Å². The Morgan fingerprint density at radius 1 is 1.29 bits per heavy atom. The average Bonchev–Trinajstić information content (AvgIpc) is 2.42. The fourth-order valence-corrected chi connectivity index (χ4v) is 2.55. The number of aliphatic hydroxyl groups excluding tert-OH is 1. The topological polar surface area (TPSA) is 58.7 Å². The first kappa shape index (κ1) is 18.2. The molecule has 1 aromatic carbocycles. The van der Waals surface area contributed by atoms with Gasteiger partial charge in [-0.25, -0.2) is 0 Å². The monoisotopic (exact) mass is 314 g/mol. The van der Waals surface area contributed by atoms with Crippen molar-refractivity contribution in [1.29, 1.82) is 0 Å². The standard InChI is InChI=1S/C16H27ClN2O2/c1-10(2)12-8-11(17)9-13(16(12)21-5)15(20)14(18)6-7-19(3)4/h8-10,14-15,20H,6-7,18H2,1-5H3. The molecular weight excluding hydrogens is 288 g/mol. The third-order valence-corrected chi connectivity index (χ3v) is 3.79. The Morgan fingerprint density at radius 3 is 2.33 bits per heavy atom. The fraction of sp³-hybridized carbons (Fsp3) is 0.625. The van der Waals surface area contributed by atoms with Crippen molar-refractivity contribution in [2.24, 2.45) is 5.73 Å². The smallest absolute Gasteiger partial charge is 0.128 e. The molecule has 120 valence electrons. The number of nitrogens with two attached hydrogens (primary N) is 1. The predicted molar refractivity (Wildman–Crippen MR) is 88.2 cm³/mol. The summed E-state index contributed by atoms with van der Waals surface area (Å²) >= 11 is 6.18. The van der Waals surface area contributed by atoms with Crippen molar-refractivity contribution in [3.8, 4) is 5.75 Å². The Balaban J connectivity index is 3.10. The molecule has 0 aliphatic rings. The number of rotatable bonds is 7. The number of hydrogen-bond donors (Lipinski definition) is 2. The Bertz CT molecular complexity index is 464. The second kappa shape index (κ2) is 7.99. The minimum absolute atomic E-state index is 0.252. The minimum atomic E-state index is -0.795. The molecule has 1 aromatic rings. The molecule has 21 heavy (non-hydrogen) atoms. The van der Waals surface area contributed by atoms with E-state index >= 15 is 0 Å². The summed E-state index contributed by atoms with van der Waals surface area (Å²) in [5.41, 5.74) is 7.77. The quantitative estimate of drug-likeness (QED) is 0.812. The summed E-state index contributed by atoms with van der Waals surface area (Å²) < 4.78 is 5.51. The van der Waals surface area contributed by atoms with Gasteiger partial charge in [0.1, 0.15) is 5.75 Å². The molecule has 0 fully saturated rings. The van der Waals surface area contributed by atoms with Crippen molar-refractivity contribution in [2.75, 3.05) is 27.7 Å². The van der Waals surface area contributed by atoms with Gasteiger partial charge in [0.25, 0.3) is 0 Å². The van der Waals surface area contributed by atoms with E-state index in [9.17, 15) is 5.11 Å². The number of benzene rings is 1. The summed E-state index contributed by atoms with van der Waals surface area (Å²) in [7, 11) is 5.57. The van der Waals surface area contributed by atoms with Crippen LogP contribution in [-0.2, 0) is 0 Å². The zero-order valence-corrected chi connectivity index (χ0v) is 14.3. The average molecular weight is 315 g/mol. The first-order valence-electron chi connectivity index (χ1n) is 7.23. The second-order valence-corrected chi connectivity index (χ2v) is 6.41. The summed E-state index contributed by atoms with van der Waals surface area (Å²) in [5.74, 6) is 0.935. The Labute approximate surface area is 132 Å². The van der Waals surface area contributed by atoms with Crippen molar-refractivity contribution in [1.82, 2.24) is 4.90 Å². The van der Waals surface area contributed by atoms with Crippen LogP contribution in [0, 0.1) is 0 Å². The van der Waals surface area contributed by atoms with Crippen LogP contribution in [0.4, 0.5) is 0 Å². The maximum Gasteiger partial charge on any atom is 0.128 e. The molecule has 0 aliphatic carbocycles. The molecule has 5 heteroatoms. The Hall–Kier alpha value is -0.810. The molecule has 2 unspecified atom stereocenters. The Kier molecular flexibility index (Phi) is 6.94. The van der Waals surface area contributed by atoms with Gasteiger partial charge < -0.3 is 20.5 Å². The van der Waals surface area contributed by atoms with Gasteiger partial charge in [0.05, 0.1) is 13.2 Å². The van der Waals surface area contributed by atoms with E-state index in [2.05, 4.69) is 13.8 Å². The molecule has 0 spiro atoms. The molecule has 0 bridgehead atoms. The van der Waals surface area contributed by atoms with Crippen LogP contribution in [0.15, 0.2) is 12.1 Å². The summed E-state index contributed by atoms with van der Waals surface area (Å²) in [6.45, 7) is 4.95. The van der Waals surface area contributed by atoms with Gasteiger partial charge in [0, 0.05) is 16.6 Å². The van der Waals surface area contributed by atoms with E-state index in [1.165, 1.54) is 0 Å². The van der Waals surface area contributed by atoms with Crippen molar-refractivity contribution in [3.05, 3.63) is 28.3 Å². The van der Waals surface area contributed by atoms with E-state index in [1.807, 2.05) is 25.1 Å². The molecular formula is C16H27ClN2O2. The highest BCUT2D eigenvalue weighted by molar-refractivity contribution is 6.30. The van der Waals surface area contributed by atoms with Gasteiger partial charge in [-0.05, 0) is 50.7 Å². The van der Waals surface area contributed by atoms with Crippen LogP contribution >= 0.6 is 11.6 Å².